The third-order valence-corrected chi connectivity index (χ3v) is 4.30. The molecule has 4 nitrogen and oxygen atoms in total. The van der Waals surface area contributed by atoms with E-state index in [4.69, 9.17) is 14.2 Å². The highest BCUT2D eigenvalue weighted by atomic mass is 79.9. The third-order valence-electron chi connectivity index (χ3n) is 3.68. The molecule has 0 aliphatic carbocycles. The number of carbonyl (C=O) groups excluding carboxylic acids is 1. The van der Waals surface area contributed by atoms with Gasteiger partial charge in [0.25, 0.3) is 0 Å². The van der Waals surface area contributed by atoms with Gasteiger partial charge in [-0.15, -0.1) is 0 Å². The largest absolute Gasteiger partial charge is 0.493 e. The zero-order valence-corrected chi connectivity index (χ0v) is 16.4. The lowest BCUT2D eigenvalue weighted by molar-refractivity contribution is -0.134. The topological polar surface area (TPSA) is 44.8 Å². The molecular weight excluding hydrogens is 384 g/mol. The Kier molecular flexibility index (Phi) is 7.31. The second-order valence-electron chi connectivity index (χ2n) is 5.40. The Labute approximate surface area is 157 Å². The molecule has 2 aromatic carbocycles. The first-order chi connectivity index (χ1) is 12.1. The van der Waals surface area contributed by atoms with Crippen molar-refractivity contribution in [1.82, 2.24) is 0 Å². The summed E-state index contributed by atoms with van der Waals surface area (Å²) in [7, 11) is 0. The maximum atomic E-state index is 11.7. The van der Waals surface area contributed by atoms with E-state index >= 15 is 0 Å². The molecule has 0 saturated heterocycles. The molecule has 0 aliphatic heterocycles. The van der Waals surface area contributed by atoms with Gasteiger partial charge in [-0.3, -0.25) is 4.79 Å². The second kappa shape index (κ2) is 9.47. The molecule has 0 aliphatic rings. The molecule has 0 spiro atoms. The van der Waals surface area contributed by atoms with Crippen LogP contribution >= 0.6 is 15.9 Å². The average Bonchev–Trinajstić information content (AvgIpc) is 2.62. The van der Waals surface area contributed by atoms with Gasteiger partial charge in [0.2, 0.25) is 0 Å². The number of ether oxygens (including phenoxy) is 3. The van der Waals surface area contributed by atoms with E-state index in [0.29, 0.717) is 24.5 Å². The molecular formula is C20H23BrO4. The fourth-order valence-corrected chi connectivity index (χ4v) is 2.84. The van der Waals surface area contributed by atoms with Gasteiger partial charge in [0.15, 0.2) is 0 Å². The summed E-state index contributed by atoms with van der Waals surface area (Å²) in [6.45, 7) is 6.54. The molecule has 0 heterocycles. The summed E-state index contributed by atoms with van der Waals surface area (Å²) in [6.07, 6.45) is 1.27. The van der Waals surface area contributed by atoms with Gasteiger partial charge in [0.05, 0.1) is 16.6 Å². The van der Waals surface area contributed by atoms with Crippen molar-refractivity contribution in [3.8, 4) is 17.2 Å². The van der Waals surface area contributed by atoms with Crippen LogP contribution in [-0.4, -0.2) is 12.6 Å². The van der Waals surface area contributed by atoms with Crippen LogP contribution in [0.1, 0.15) is 38.3 Å². The summed E-state index contributed by atoms with van der Waals surface area (Å²) in [6, 6.07) is 11.4. The van der Waals surface area contributed by atoms with Gasteiger partial charge >= 0.3 is 5.97 Å². The van der Waals surface area contributed by atoms with Gasteiger partial charge in [-0.05, 0) is 59.1 Å². The molecule has 0 radical (unpaired) electrons. The van der Waals surface area contributed by atoms with Crippen LogP contribution in [0.25, 0.3) is 0 Å². The van der Waals surface area contributed by atoms with Crippen molar-refractivity contribution < 1.29 is 19.0 Å². The normalized spacial score (nSPS) is 10.4. The van der Waals surface area contributed by atoms with Crippen molar-refractivity contribution >= 4 is 21.9 Å². The van der Waals surface area contributed by atoms with Crippen molar-refractivity contribution in [2.75, 3.05) is 6.61 Å². The molecule has 2 rings (SSSR count). The van der Waals surface area contributed by atoms with E-state index in [9.17, 15) is 4.79 Å². The Morgan fingerprint density at radius 1 is 1.00 bits per heavy atom. The number of aryl methyl sites for hydroxylation is 1. The number of halogens is 1. The predicted octanol–water partition coefficient (Wildman–Crippen LogP) is 5.30. The van der Waals surface area contributed by atoms with Crippen molar-refractivity contribution in [3.05, 3.63) is 52.0 Å². The Morgan fingerprint density at radius 3 is 2.40 bits per heavy atom. The Hall–Kier alpha value is -2.01. The summed E-state index contributed by atoms with van der Waals surface area (Å²) >= 11 is 3.54. The van der Waals surface area contributed by atoms with Gasteiger partial charge in [-0.1, -0.05) is 26.0 Å². The van der Waals surface area contributed by atoms with Crippen molar-refractivity contribution in [2.45, 2.75) is 40.2 Å². The van der Waals surface area contributed by atoms with Crippen LogP contribution in [0, 0.1) is 0 Å². The van der Waals surface area contributed by atoms with E-state index < -0.39 is 0 Å². The summed E-state index contributed by atoms with van der Waals surface area (Å²) < 4.78 is 17.9. The molecule has 0 amide bonds. The summed E-state index contributed by atoms with van der Waals surface area (Å²) in [4.78, 5) is 11.7. The van der Waals surface area contributed by atoms with Crippen molar-refractivity contribution in [2.24, 2.45) is 0 Å². The van der Waals surface area contributed by atoms with Crippen LogP contribution in [0.2, 0.25) is 0 Å². The lowest BCUT2D eigenvalue weighted by Crippen LogP contribution is -2.10. The lowest BCUT2D eigenvalue weighted by atomic mass is 10.1. The molecule has 0 aromatic heterocycles. The van der Waals surface area contributed by atoms with Gasteiger partial charge in [0, 0.05) is 6.42 Å². The van der Waals surface area contributed by atoms with Gasteiger partial charge < -0.3 is 14.2 Å². The van der Waals surface area contributed by atoms with E-state index in [1.54, 1.807) is 19.1 Å². The molecule has 5 heteroatoms. The predicted molar refractivity (Wildman–Crippen MR) is 101 cm³/mol. The molecule has 0 N–H and O–H groups in total. The monoisotopic (exact) mass is 406 g/mol. The molecule has 0 atom stereocenters. The quantitative estimate of drug-likeness (QED) is 0.440. The van der Waals surface area contributed by atoms with Crippen molar-refractivity contribution in [1.29, 1.82) is 0 Å². The molecule has 0 bridgehead atoms. The maximum Gasteiger partial charge on any atom is 0.310 e. The SMILES string of the molecule is CCOc1cccc(OC(=O)CC)c1COc1ccc(CC)cc1Br. The van der Waals surface area contributed by atoms with Crippen LogP contribution in [0.5, 0.6) is 17.2 Å². The fourth-order valence-electron chi connectivity index (χ4n) is 2.30. The Morgan fingerprint density at radius 2 is 1.76 bits per heavy atom. The van der Waals surface area contributed by atoms with E-state index in [1.165, 1.54) is 5.56 Å². The Balaban J connectivity index is 2.25. The zero-order chi connectivity index (χ0) is 18.2. The highest BCUT2D eigenvalue weighted by Crippen LogP contribution is 2.32. The standard InChI is InChI=1S/C20H23BrO4/c1-4-14-10-11-19(16(21)12-14)24-13-15-17(23-6-3)8-7-9-18(15)25-20(22)5-2/h7-12H,4-6,13H2,1-3H3. The number of hydrogen-bond donors (Lipinski definition) is 0. The van der Waals surface area contributed by atoms with Crippen LogP contribution in [0.15, 0.2) is 40.9 Å². The third kappa shape index (κ3) is 5.23. The number of benzene rings is 2. The number of rotatable bonds is 8. The summed E-state index contributed by atoms with van der Waals surface area (Å²) in [5.74, 6) is 1.57. The molecule has 0 saturated carbocycles. The number of hydrogen-bond acceptors (Lipinski definition) is 4. The number of carbonyl (C=O) groups is 1. The maximum absolute atomic E-state index is 11.7. The Bertz CT molecular complexity index is 728. The second-order valence-corrected chi connectivity index (χ2v) is 6.25. The van der Waals surface area contributed by atoms with Crippen LogP contribution in [-0.2, 0) is 17.8 Å². The first kappa shape index (κ1) is 19.3. The molecule has 0 fully saturated rings. The van der Waals surface area contributed by atoms with Crippen LogP contribution in [0.3, 0.4) is 0 Å². The van der Waals surface area contributed by atoms with Gasteiger partial charge in [-0.25, -0.2) is 0 Å². The van der Waals surface area contributed by atoms with E-state index in [1.807, 2.05) is 31.2 Å². The minimum absolute atomic E-state index is 0.243. The zero-order valence-electron chi connectivity index (χ0n) is 14.8. The lowest BCUT2D eigenvalue weighted by Gasteiger charge is -2.16. The van der Waals surface area contributed by atoms with E-state index in [-0.39, 0.29) is 12.6 Å². The molecule has 25 heavy (non-hydrogen) atoms. The average molecular weight is 407 g/mol. The minimum atomic E-state index is -0.289. The minimum Gasteiger partial charge on any atom is -0.493 e. The smallest absolute Gasteiger partial charge is 0.310 e. The first-order valence-corrected chi connectivity index (χ1v) is 9.24. The summed E-state index contributed by atoms with van der Waals surface area (Å²) in [5, 5.41) is 0. The number of esters is 1. The summed E-state index contributed by atoms with van der Waals surface area (Å²) in [5.41, 5.74) is 1.95. The fraction of sp³-hybridized carbons (Fsp3) is 0.350. The first-order valence-electron chi connectivity index (χ1n) is 8.45. The van der Waals surface area contributed by atoms with E-state index in [0.717, 1.165) is 22.2 Å². The highest BCUT2D eigenvalue weighted by Gasteiger charge is 2.15. The molecule has 2 aromatic rings. The van der Waals surface area contributed by atoms with Crippen LogP contribution in [0.4, 0.5) is 0 Å². The van der Waals surface area contributed by atoms with Crippen molar-refractivity contribution in [3.63, 3.8) is 0 Å². The molecule has 134 valence electrons. The van der Waals surface area contributed by atoms with E-state index in [2.05, 4.69) is 22.9 Å². The highest BCUT2D eigenvalue weighted by molar-refractivity contribution is 9.10. The van der Waals surface area contributed by atoms with Gasteiger partial charge in [-0.2, -0.15) is 0 Å². The van der Waals surface area contributed by atoms with Gasteiger partial charge in [0.1, 0.15) is 23.9 Å². The van der Waals surface area contributed by atoms with Crippen LogP contribution < -0.4 is 14.2 Å². The molecule has 0 unspecified atom stereocenters.